The molecule has 0 spiro atoms. The fourth-order valence-corrected chi connectivity index (χ4v) is 3.84. The number of hydrogen-bond donors (Lipinski definition) is 2. The quantitative estimate of drug-likeness (QED) is 0.240. The molecule has 1 saturated heterocycles. The van der Waals surface area contributed by atoms with Crippen LogP contribution < -0.4 is 10.6 Å². The van der Waals surface area contributed by atoms with Gasteiger partial charge < -0.3 is 20.4 Å². The summed E-state index contributed by atoms with van der Waals surface area (Å²) < 4.78 is 0. The molecule has 0 aliphatic carbocycles. The Morgan fingerprint density at radius 3 is 2.81 bits per heavy atom. The van der Waals surface area contributed by atoms with Gasteiger partial charge in [-0.3, -0.25) is 9.79 Å². The number of thiophene rings is 1. The summed E-state index contributed by atoms with van der Waals surface area (Å²) in [6.07, 6.45) is 2.66. The predicted octanol–water partition coefficient (Wildman–Crippen LogP) is 2.54. The second-order valence-corrected chi connectivity index (χ2v) is 7.46. The van der Waals surface area contributed by atoms with Gasteiger partial charge in [0.25, 0.3) is 0 Å². The Morgan fingerprint density at radius 1 is 1.42 bits per heavy atom. The van der Waals surface area contributed by atoms with Gasteiger partial charge in [-0.15, -0.1) is 35.3 Å². The average Bonchev–Trinajstić information content (AvgIpc) is 3.23. The zero-order valence-corrected chi connectivity index (χ0v) is 19.2. The molecule has 1 aromatic rings. The van der Waals surface area contributed by atoms with Crippen molar-refractivity contribution < 1.29 is 4.79 Å². The number of guanidine groups is 1. The Balaban J connectivity index is 0.00000338. The number of amides is 1. The van der Waals surface area contributed by atoms with Gasteiger partial charge in [0, 0.05) is 37.5 Å². The van der Waals surface area contributed by atoms with E-state index in [1.54, 1.807) is 11.3 Å². The van der Waals surface area contributed by atoms with E-state index in [4.69, 9.17) is 4.99 Å². The first-order valence-corrected chi connectivity index (χ1v) is 9.99. The standard InChI is InChI=1S/C18H31N5OS.HI/c1-4-19-18(20-10-7-12-23-11-5-9-17(23)24)21-14-15(22(2)3)16-8-6-13-25-16;/h6,8,13,15H,4-5,7,9-12,14H2,1-3H3,(H2,19,20,21);1H. The van der Waals surface area contributed by atoms with Gasteiger partial charge in [0.05, 0.1) is 12.6 Å². The lowest BCUT2D eigenvalue weighted by molar-refractivity contribution is -0.127. The number of rotatable bonds is 9. The zero-order chi connectivity index (χ0) is 18.1. The summed E-state index contributed by atoms with van der Waals surface area (Å²) in [4.78, 5) is 21.9. The molecule has 2 rings (SSSR count). The maximum Gasteiger partial charge on any atom is 0.222 e. The van der Waals surface area contributed by atoms with Crippen LogP contribution in [-0.2, 0) is 4.79 Å². The van der Waals surface area contributed by atoms with E-state index in [9.17, 15) is 4.79 Å². The maximum absolute atomic E-state index is 11.6. The molecule has 8 heteroatoms. The summed E-state index contributed by atoms with van der Waals surface area (Å²) >= 11 is 1.77. The summed E-state index contributed by atoms with van der Waals surface area (Å²) in [6, 6.07) is 4.54. The van der Waals surface area contributed by atoms with E-state index >= 15 is 0 Å². The summed E-state index contributed by atoms with van der Waals surface area (Å²) in [6.45, 7) is 6.19. The van der Waals surface area contributed by atoms with Gasteiger partial charge in [-0.25, -0.2) is 0 Å². The number of nitrogens with zero attached hydrogens (tertiary/aromatic N) is 3. The number of likely N-dealkylation sites (tertiary alicyclic amines) is 1. The number of aliphatic imine (C=N–C) groups is 1. The van der Waals surface area contributed by atoms with E-state index in [0.29, 0.717) is 18.9 Å². The summed E-state index contributed by atoms with van der Waals surface area (Å²) in [5, 5.41) is 8.80. The molecule has 26 heavy (non-hydrogen) atoms. The number of nitrogens with one attached hydrogen (secondary N) is 2. The van der Waals surface area contributed by atoms with Crippen LogP contribution in [0.3, 0.4) is 0 Å². The monoisotopic (exact) mass is 493 g/mol. The fraction of sp³-hybridized carbons (Fsp3) is 0.667. The van der Waals surface area contributed by atoms with Gasteiger partial charge >= 0.3 is 0 Å². The van der Waals surface area contributed by atoms with Crippen molar-refractivity contribution in [3.63, 3.8) is 0 Å². The molecule has 1 unspecified atom stereocenters. The first-order chi connectivity index (χ1) is 12.1. The number of likely N-dealkylation sites (N-methyl/N-ethyl adjacent to an activating group) is 1. The van der Waals surface area contributed by atoms with Crippen LogP contribution in [0.25, 0.3) is 0 Å². The Hall–Kier alpha value is -0.870. The number of carbonyl (C=O) groups is 1. The van der Waals surface area contributed by atoms with Crippen molar-refractivity contribution in [2.75, 3.05) is 46.8 Å². The molecule has 0 bridgehead atoms. The lowest BCUT2D eigenvalue weighted by atomic mass is 10.2. The van der Waals surface area contributed by atoms with Crippen molar-refractivity contribution in [2.45, 2.75) is 32.2 Å². The second kappa shape index (κ2) is 12.5. The maximum atomic E-state index is 11.6. The molecule has 1 amide bonds. The van der Waals surface area contributed by atoms with Crippen LogP contribution in [0.2, 0.25) is 0 Å². The smallest absolute Gasteiger partial charge is 0.222 e. The highest BCUT2D eigenvalue weighted by molar-refractivity contribution is 14.0. The van der Waals surface area contributed by atoms with Crippen LogP contribution in [0.1, 0.15) is 37.1 Å². The molecule has 6 nitrogen and oxygen atoms in total. The molecule has 1 aromatic heterocycles. The number of halogens is 1. The Bertz CT molecular complexity index is 550. The van der Waals surface area contributed by atoms with Gasteiger partial charge in [-0.2, -0.15) is 0 Å². The normalized spacial score (nSPS) is 15.9. The van der Waals surface area contributed by atoms with Gasteiger partial charge in [-0.1, -0.05) is 6.07 Å². The lowest BCUT2D eigenvalue weighted by Crippen LogP contribution is -2.39. The minimum Gasteiger partial charge on any atom is -0.357 e. The summed E-state index contributed by atoms with van der Waals surface area (Å²) in [7, 11) is 4.18. The Morgan fingerprint density at radius 2 is 2.23 bits per heavy atom. The molecular weight excluding hydrogens is 461 g/mol. The highest BCUT2D eigenvalue weighted by atomic mass is 127. The molecule has 1 aliphatic rings. The van der Waals surface area contributed by atoms with Crippen molar-refractivity contribution in [1.82, 2.24) is 20.4 Å². The SMILES string of the molecule is CCNC(=NCC(c1cccs1)N(C)C)NCCCN1CCCC1=O.I. The molecular formula is C18H32IN5OS. The van der Waals surface area contributed by atoms with Crippen molar-refractivity contribution in [1.29, 1.82) is 0 Å². The van der Waals surface area contributed by atoms with E-state index in [1.807, 2.05) is 4.90 Å². The van der Waals surface area contributed by atoms with E-state index in [-0.39, 0.29) is 30.0 Å². The van der Waals surface area contributed by atoms with Crippen LogP contribution in [0.4, 0.5) is 0 Å². The third-order valence-electron chi connectivity index (χ3n) is 4.33. The van der Waals surface area contributed by atoms with E-state index in [1.165, 1.54) is 4.88 Å². The summed E-state index contributed by atoms with van der Waals surface area (Å²) in [5.41, 5.74) is 0. The molecule has 1 aliphatic heterocycles. The number of hydrogen-bond acceptors (Lipinski definition) is 4. The first kappa shape index (κ1) is 23.2. The van der Waals surface area contributed by atoms with Crippen LogP contribution in [0, 0.1) is 0 Å². The minimum atomic E-state index is 0. The fourth-order valence-electron chi connectivity index (χ4n) is 2.93. The zero-order valence-electron chi connectivity index (χ0n) is 16.0. The lowest BCUT2D eigenvalue weighted by Gasteiger charge is -2.22. The van der Waals surface area contributed by atoms with Crippen LogP contribution in [-0.4, -0.2) is 68.5 Å². The minimum absolute atomic E-state index is 0. The van der Waals surface area contributed by atoms with Crippen molar-refractivity contribution in [3.05, 3.63) is 22.4 Å². The molecule has 2 N–H and O–H groups in total. The van der Waals surface area contributed by atoms with Gasteiger partial charge in [0.1, 0.15) is 0 Å². The Kier molecular flexibility index (Phi) is 11.1. The highest BCUT2D eigenvalue weighted by Gasteiger charge is 2.19. The second-order valence-electron chi connectivity index (χ2n) is 6.48. The average molecular weight is 493 g/mol. The topological polar surface area (TPSA) is 60.0 Å². The molecule has 0 radical (unpaired) electrons. The highest BCUT2D eigenvalue weighted by Crippen LogP contribution is 2.23. The molecule has 0 aromatic carbocycles. The Labute approximate surface area is 178 Å². The van der Waals surface area contributed by atoms with Crippen LogP contribution in [0.15, 0.2) is 22.5 Å². The molecule has 1 atom stereocenters. The van der Waals surface area contributed by atoms with Crippen molar-refractivity contribution >= 4 is 47.2 Å². The van der Waals surface area contributed by atoms with Crippen molar-refractivity contribution in [2.24, 2.45) is 4.99 Å². The molecule has 148 valence electrons. The van der Waals surface area contributed by atoms with Crippen molar-refractivity contribution in [3.8, 4) is 0 Å². The van der Waals surface area contributed by atoms with E-state index in [0.717, 1.165) is 45.0 Å². The van der Waals surface area contributed by atoms with Gasteiger partial charge in [0.15, 0.2) is 5.96 Å². The summed E-state index contributed by atoms with van der Waals surface area (Å²) in [5.74, 6) is 1.14. The van der Waals surface area contributed by atoms with Gasteiger partial charge in [0.2, 0.25) is 5.91 Å². The van der Waals surface area contributed by atoms with Crippen LogP contribution in [0.5, 0.6) is 0 Å². The molecule has 1 fully saturated rings. The van der Waals surface area contributed by atoms with Crippen LogP contribution >= 0.6 is 35.3 Å². The first-order valence-electron chi connectivity index (χ1n) is 9.11. The number of carbonyl (C=O) groups excluding carboxylic acids is 1. The molecule has 0 saturated carbocycles. The third-order valence-corrected chi connectivity index (χ3v) is 5.30. The largest absolute Gasteiger partial charge is 0.357 e. The predicted molar refractivity (Wildman–Crippen MR) is 121 cm³/mol. The third kappa shape index (κ3) is 7.40. The molecule has 2 heterocycles. The van der Waals surface area contributed by atoms with E-state index < -0.39 is 0 Å². The van der Waals surface area contributed by atoms with E-state index in [2.05, 4.69) is 54.1 Å². The van der Waals surface area contributed by atoms with Gasteiger partial charge in [-0.05, 0) is 45.3 Å².